The van der Waals surface area contributed by atoms with Gasteiger partial charge in [-0.3, -0.25) is 57.5 Å². The average Bonchev–Trinajstić information content (AvgIpc) is 1.76. The van der Waals surface area contributed by atoms with Crippen LogP contribution < -0.4 is 16.0 Å². The average molecular weight is 1420 g/mol. The van der Waals surface area contributed by atoms with Gasteiger partial charge in [-0.15, -0.1) is 0 Å². The summed E-state index contributed by atoms with van der Waals surface area (Å²) in [6.07, 6.45) is -2.66. The fourth-order valence-electron chi connectivity index (χ4n) is 14.5. The van der Waals surface area contributed by atoms with Crippen molar-refractivity contribution in [2.45, 2.75) is 223 Å². The zero-order chi connectivity index (χ0) is 73.5. The van der Waals surface area contributed by atoms with Gasteiger partial charge in [-0.05, 0) is 119 Å². The number of piperidine rings is 1. The third-order valence-corrected chi connectivity index (χ3v) is 21.0. The summed E-state index contributed by atoms with van der Waals surface area (Å²) < 4.78 is 69.4. The molecule has 3 aliphatic heterocycles. The standard InChI is InChI=1S/C69H104ClF5N12O12/c1-12-43(4)58-65(97)81(7)40-56(90)79(5)41-57(91)82(8)50(29-30-53(71)72)63(95)80(6)39-54(88)76-48(28-26-44-25-27-46(47(70)37-44)69(73,74)75)62(94)87-35-21-24-49(87)61(93)78-68(31-17-18-32-68)67(99)85(11)59(45-22-15-13-16-23-45)66(98)84(10)52(64(96)86-33-19-14-20-34-86)38-55(89)83(9)51(36-42(2)3)60(92)77-58/h25,27,37,42-43,45,48-53,58-59H,12-24,26,28-36,38-41H2,1-11H3,(H,76,88)(H,77,92)(H,78,93)/t43-,48-,49?,50-,51-,52-,58-,59-/m0/s1. The van der Waals surface area contributed by atoms with Gasteiger partial charge in [0.05, 0.1) is 36.6 Å². The van der Waals surface area contributed by atoms with Crippen LogP contribution in [0.15, 0.2) is 18.2 Å². The molecule has 1 aromatic carbocycles. The van der Waals surface area contributed by atoms with E-state index in [1.165, 1.54) is 54.8 Å². The third-order valence-electron chi connectivity index (χ3n) is 20.7. The third kappa shape index (κ3) is 20.7. The molecule has 5 aliphatic rings. The Balaban J connectivity index is 1.44. The van der Waals surface area contributed by atoms with E-state index in [2.05, 4.69) is 16.0 Å². The Hall–Kier alpha value is -7.20. The van der Waals surface area contributed by atoms with E-state index >= 15 is 28.8 Å². The quantitative estimate of drug-likeness (QED) is 0.219. The smallest absolute Gasteiger partial charge is 0.343 e. The van der Waals surface area contributed by atoms with E-state index in [1.54, 1.807) is 18.7 Å². The van der Waals surface area contributed by atoms with Crippen molar-refractivity contribution in [2.75, 3.05) is 88.6 Å². The van der Waals surface area contributed by atoms with E-state index in [-0.39, 0.29) is 63.0 Å². The number of nitrogens with zero attached hydrogens (tertiary/aromatic N) is 9. The van der Waals surface area contributed by atoms with Gasteiger partial charge in [0.2, 0.25) is 77.3 Å². The lowest BCUT2D eigenvalue weighted by molar-refractivity contribution is -0.157. The van der Waals surface area contributed by atoms with E-state index in [0.29, 0.717) is 58.0 Å². The first-order chi connectivity index (χ1) is 46.5. The molecule has 30 heteroatoms. The van der Waals surface area contributed by atoms with Crippen LogP contribution in [0.1, 0.15) is 167 Å². The second kappa shape index (κ2) is 35.9. The summed E-state index contributed by atoms with van der Waals surface area (Å²) in [5.74, 6) is -10.2. The lowest BCUT2D eigenvalue weighted by atomic mass is 9.81. The van der Waals surface area contributed by atoms with Crippen LogP contribution in [0.2, 0.25) is 5.02 Å². The fraction of sp³-hybridized carbons (Fsp3) is 0.739. The van der Waals surface area contributed by atoms with Gasteiger partial charge in [-0.25, -0.2) is 8.78 Å². The van der Waals surface area contributed by atoms with Crippen LogP contribution in [-0.4, -0.2) is 258 Å². The number of carbonyl (C=O) groups excluding carboxylic acids is 12. The van der Waals surface area contributed by atoms with Crippen LogP contribution in [0.5, 0.6) is 0 Å². The van der Waals surface area contributed by atoms with Crippen molar-refractivity contribution >= 4 is 82.5 Å². The minimum Gasteiger partial charge on any atom is -0.343 e. The number of amides is 12. The number of fused-ring (bicyclic) bond motifs is 1. The molecule has 0 aromatic heterocycles. The fourth-order valence-corrected chi connectivity index (χ4v) is 14.8. The molecule has 99 heavy (non-hydrogen) atoms. The lowest BCUT2D eigenvalue weighted by Gasteiger charge is -2.43. The summed E-state index contributed by atoms with van der Waals surface area (Å²) in [5.41, 5.74) is -2.49. The Kier molecular flexibility index (Phi) is 29.3. The zero-order valence-corrected chi connectivity index (χ0v) is 60.1. The number of hydrogen-bond donors (Lipinski definition) is 3. The first-order valence-electron chi connectivity index (χ1n) is 35.0. The van der Waals surface area contributed by atoms with Gasteiger partial charge in [-0.1, -0.05) is 83.9 Å². The minimum absolute atomic E-state index is 0.0269. The van der Waals surface area contributed by atoms with Crippen molar-refractivity contribution < 1.29 is 79.5 Å². The van der Waals surface area contributed by atoms with Gasteiger partial charge in [0.25, 0.3) is 0 Å². The molecule has 8 atom stereocenters. The first kappa shape index (κ1) is 80.8. The van der Waals surface area contributed by atoms with Crippen LogP contribution in [0.4, 0.5) is 22.0 Å². The molecule has 1 spiro atoms. The number of aryl methyl sites for hydroxylation is 1. The molecular weight excluding hydrogens is 1320 g/mol. The van der Waals surface area contributed by atoms with E-state index in [4.69, 9.17) is 11.6 Å². The Labute approximate surface area is 583 Å². The van der Waals surface area contributed by atoms with Crippen LogP contribution in [-0.2, 0) is 70.1 Å². The summed E-state index contributed by atoms with van der Waals surface area (Å²) in [4.78, 5) is 188. The van der Waals surface area contributed by atoms with Crippen molar-refractivity contribution in [1.29, 1.82) is 0 Å². The molecule has 6 rings (SSSR count). The highest BCUT2D eigenvalue weighted by atomic mass is 35.5. The molecule has 2 aliphatic carbocycles. The predicted octanol–water partition coefficient (Wildman–Crippen LogP) is 5.50. The Morgan fingerprint density at radius 1 is 0.636 bits per heavy atom. The molecule has 5 fully saturated rings. The van der Waals surface area contributed by atoms with E-state index in [1.807, 2.05) is 13.8 Å². The van der Waals surface area contributed by atoms with Crippen LogP contribution in [0.25, 0.3) is 0 Å². The number of likely N-dealkylation sites (N-methyl/N-ethyl adjacent to an activating group) is 7. The van der Waals surface area contributed by atoms with Gasteiger partial charge in [0, 0.05) is 75.4 Å². The van der Waals surface area contributed by atoms with Crippen molar-refractivity contribution in [3.8, 4) is 0 Å². The van der Waals surface area contributed by atoms with Crippen molar-refractivity contribution in [1.82, 2.24) is 60.0 Å². The van der Waals surface area contributed by atoms with Gasteiger partial charge in [-0.2, -0.15) is 13.2 Å². The van der Waals surface area contributed by atoms with E-state index in [9.17, 15) is 50.7 Å². The molecule has 1 aromatic rings. The number of nitrogens with one attached hydrogen (secondary N) is 3. The molecule has 1 unspecified atom stereocenters. The van der Waals surface area contributed by atoms with E-state index < -0.39 is 193 Å². The molecule has 554 valence electrons. The zero-order valence-electron chi connectivity index (χ0n) is 59.4. The number of rotatable bonds is 12. The normalized spacial score (nSPS) is 26.0. The summed E-state index contributed by atoms with van der Waals surface area (Å²) in [6.45, 7) is 5.67. The number of halogens is 6. The Bertz CT molecular complexity index is 3070. The van der Waals surface area contributed by atoms with E-state index in [0.717, 1.165) is 77.6 Å². The highest BCUT2D eigenvalue weighted by molar-refractivity contribution is 6.31. The van der Waals surface area contributed by atoms with Crippen LogP contribution in [0.3, 0.4) is 0 Å². The summed E-state index contributed by atoms with van der Waals surface area (Å²) >= 11 is 6.10. The van der Waals surface area contributed by atoms with Gasteiger partial charge in [0.1, 0.15) is 47.8 Å². The maximum Gasteiger partial charge on any atom is 0.417 e. The Morgan fingerprint density at radius 2 is 1.24 bits per heavy atom. The largest absolute Gasteiger partial charge is 0.417 e. The second-order valence-electron chi connectivity index (χ2n) is 28.4. The molecule has 3 N–H and O–H groups in total. The summed E-state index contributed by atoms with van der Waals surface area (Å²) in [6, 6.07) is -6.54. The Morgan fingerprint density at radius 3 is 1.84 bits per heavy atom. The molecule has 3 heterocycles. The minimum atomic E-state index is -4.80. The monoisotopic (exact) mass is 1420 g/mol. The summed E-state index contributed by atoms with van der Waals surface area (Å²) in [7, 11) is 9.20. The highest BCUT2D eigenvalue weighted by Crippen LogP contribution is 2.38. The number of likely N-dealkylation sites (tertiary alicyclic amines) is 1. The maximum absolute atomic E-state index is 15.8. The molecular formula is C69H104ClF5N12O12. The number of carbonyl (C=O) groups is 12. The number of benzene rings is 1. The number of hydrogen-bond acceptors (Lipinski definition) is 12. The highest BCUT2D eigenvalue weighted by Gasteiger charge is 2.51. The molecule has 12 amide bonds. The van der Waals surface area contributed by atoms with Crippen molar-refractivity contribution in [3.63, 3.8) is 0 Å². The van der Waals surface area contributed by atoms with Gasteiger partial charge in [0.15, 0.2) is 0 Å². The maximum atomic E-state index is 15.8. The van der Waals surface area contributed by atoms with Crippen LogP contribution >= 0.6 is 11.6 Å². The van der Waals surface area contributed by atoms with Crippen molar-refractivity contribution in [2.24, 2.45) is 17.8 Å². The molecule has 0 radical (unpaired) electrons. The van der Waals surface area contributed by atoms with Crippen LogP contribution in [0, 0.1) is 17.8 Å². The predicted molar refractivity (Wildman–Crippen MR) is 358 cm³/mol. The SMILES string of the molecule is CC[C@H](C)[C@@H]1NC(=O)[C@H](CC(C)C)N(C)C(=O)C[C@@H](C(=O)N2CCCCC2)N(C)C(=O)[C@H](C2CCCCC2)N(C)C(=O)C2(CCCC2)NC(=O)C2CCCN2C(=O)[C@H](CCc2ccc(C(F)(F)F)c(Cl)c2)NC(=O)CN(C)C(=O)[C@H](CCC(F)F)N(C)C(=O)CN(C)C(=O)CN(C)C1=O. The molecule has 3 saturated heterocycles. The molecule has 2 saturated carbocycles. The topological polar surface area (TPSA) is 270 Å². The lowest BCUT2D eigenvalue weighted by Crippen LogP contribution is -2.65. The molecule has 24 nitrogen and oxygen atoms in total. The van der Waals surface area contributed by atoms with Crippen molar-refractivity contribution in [3.05, 3.63) is 34.3 Å². The van der Waals surface area contributed by atoms with Gasteiger partial charge >= 0.3 is 6.18 Å². The number of alkyl halides is 5. The first-order valence-corrected chi connectivity index (χ1v) is 35.4. The van der Waals surface area contributed by atoms with Gasteiger partial charge < -0.3 is 60.0 Å². The second-order valence-corrected chi connectivity index (χ2v) is 28.8. The summed E-state index contributed by atoms with van der Waals surface area (Å²) in [5, 5.41) is 7.87. The molecule has 0 bridgehead atoms.